The lowest BCUT2D eigenvalue weighted by Gasteiger charge is -2.36. The van der Waals surface area contributed by atoms with E-state index in [1.165, 1.54) is 16.7 Å². The first-order valence-electron chi connectivity index (χ1n) is 10.6. The van der Waals surface area contributed by atoms with Gasteiger partial charge in [-0.2, -0.15) is 5.10 Å². The molecule has 0 saturated carbocycles. The van der Waals surface area contributed by atoms with Crippen LogP contribution in [0.2, 0.25) is 0 Å². The smallest absolute Gasteiger partial charge is 0.194 e. The zero-order valence-electron chi connectivity index (χ0n) is 17.6. The lowest BCUT2D eigenvalue weighted by molar-refractivity contribution is 0.172. The predicted molar refractivity (Wildman–Crippen MR) is 121 cm³/mol. The fourth-order valence-corrected chi connectivity index (χ4v) is 3.92. The number of nitrogens with one attached hydrogen (secondary N) is 1. The molecule has 1 saturated heterocycles. The van der Waals surface area contributed by atoms with E-state index in [0.717, 1.165) is 51.8 Å². The van der Waals surface area contributed by atoms with Crippen molar-refractivity contribution < 1.29 is 0 Å². The van der Waals surface area contributed by atoms with Crippen LogP contribution >= 0.6 is 0 Å². The molecule has 3 aromatic rings. The Hall–Kier alpha value is -3.12. The van der Waals surface area contributed by atoms with Gasteiger partial charge in [0, 0.05) is 58.7 Å². The lowest BCUT2D eigenvalue weighted by atomic mass is 10.1. The van der Waals surface area contributed by atoms with Crippen molar-refractivity contribution in [2.24, 2.45) is 4.99 Å². The maximum absolute atomic E-state index is 4.54. The van der Waals surface area contributed by atoms with Crippen LogP contribution in [-0.4, -0.2) is 58.8 Å². The van der Waals surface area contributed by atoms with Crippen LogP contribution in [0.3, 0.4) is 0 Å². The van der Waals surface area contributed by atoms with Gasteiger partial charge >= 0.3 is 0 Å². The molecule has 2 aromatic carbocycles. The van der Waals surface area contributed by atoms with Crippen molar-refractivity contribution in [3.63, 3.8) is 0 Å². The summed E-state index contributed by atoms with van der Waals surface area (Å²) in [4.78, 5) is 9.41. The van der Waals surface area contributed by atoms with Crippen LogP contribution in [0.5, 0.6) is 0 Å². The van der Waals surface area contributed by atoms with Crippen LogP contribution in [0.1, 0.15) is 16.7 Å². The average molecular weight is 403 g/mol. The van der Waals surface area contributed by atoms with Gasteiger partial charge in [-0.05, 0) is 22.8 Å². The normalized spacial score (nSPS) is 15.4. The molecule has 1 fully saturated rings. The second kappa shape index (κ2) is 10.1. The molecule has 1 aromatic heterocycles. The first kappa shape index (κ1) is 20.2. The Balaban J connectivity index is 1.31. The second-order valence-corrected chi connectivity index (χ2v) is 7.62. The Bertz CT molecular complexity index is 927. The van der Waals surface area contributed by atoms with Crippen molar-refractivity contribution in [2.45, 2.75) is 19.6 Å². The predicted octanol–water partition coefficient (Wildman–Crippen LogP) is 2.82. The van der Waals surface area contributed by atoms with E-state index in [1.807, 2.05) is 30.2 Å². The maximum Gasteiger partial charge on any atom is 0.194 e. The van der Waals surface area contributed by atoms with Gasteiger partial charge in [-0.25, -0.2) is 0 Å². The van der Waals surface area contributed by atoms with E-state index in [1.54, 1.807) is 0 Å². The number of benzene rings is 2. The van der Waals surface area contributed by atoms with Gasteiger partial charge < -0.3 is 10.2 Å². The lowest BCUT2D eigenvalue weighted by Crippen LogP contribution is -2.52. The molecule has 2 heterocycles. The molecule has 0 unspecified atom stereocenters. The first-order valence-corrected chi connectivity index (χ1v) is 10.6. The number of hydrogen-bond donors (Lipinski definition) is 1. The largest absolute Gasteiger partial charge is 0.352 e. The highest BCUT2D eigenvalue weighted by molar-refractivity contribution is 5.80. The summed E-state index contributed by atoms with van der Waals surface area (Å²) in [7, 11) is 1.87. The highest BCUT2D eigenvalue weighted by atomic mass is 15.3. The third-order valence-electron chi connectivity index (χ3n) is 5.58. The van der Waals surface area contributed by atoms with Gasteiger partial charge in [-0.1, -0.05) is 54.6 Å². The maximum atomic E-state index is 4.54. The summed E-state index contributed by atoms with van der Waals surface area (Å²) < 4.78 is 1.96. The van der Waals surface area contributed by atoms with Crippen molar-refractivity contribution in [3.05, 3.63) is 89.7 Å². The fraction of sp³-hybridized carbons (Fsp3) is 0.333. The van der Waals surface area contributed by atoms with E-state index in [9.17, 15) is 0 Å². The van der Waals surface area contributed by atoms with Crippen LogP contribution < -0.4 is 5.32 Å². The van der Waals surface area contributed by atoms with Gasteiger partial charge in [-0.3, -0.25) is 14.6 Å². The minimum Gasteiger partial charge on any atom is -0.352 e. The molecule has 0 spiro atoms. The van der Waals surface area contributed by atoms with E-state index >= 15 is 0 Å². The average Bonchev–Trinajstić information content (AvgIpc) is 3.30. The third-order valence-corrected chi connectivity index (χ3v) is 5.58. The van der Waals surface area contributed by atoms with Crippen molar-refractivity contribution in [2.75, 3.05) is 33.2 Å². The summed E-state index contributed by atoms with van der Waals surface area (Å²) in [6.45, 7) is 6.62. The van der Waals surface area contributed by atoms with E-state index in [4.69, 9.17) is 0 Å². The van der Waals surface area contributed by atoms with E-state index in [2.05, 4.69) is 79.8 Å². The van der Waals surface area contributed by atoms with Gasteiger partial charge in [0.05, 0.1) is 6.54 Å². The number of piperazine rings is 1. The quantitative estimate of drug-likeness (QED) is 0.509. The fourth-order valence-electron chi connectivity index (χ4n) is 3.92. The molecule has 6 nitrogen and oxygen atoms in total. The summed E-state index contributed by atoms with van der Waals surface area (Å²) in [6.07, 6.45) is 3.82. The van der Waals surface area contributed by atoms with Crippen molar-refractivity contribution in [1.82, 2.24) is 24.9 Å². The molecule has 0 bridgehead atoms. The van der Waals surface area contributed by atoms with Crippen molar-refractivity contribution in [3.8, 4) is 0 Å². The van der Waals surface area contributed by atoms with Crippen LogP contribution in [-0.2, 0) is 19.6 Å². The van der Waals surface area contributed by atoms with Gasteiger partial charge in [0.1, 0.15) is 0 Å². The molecular weight excluding hydrogens is 372 g/mol. The van der Waals surface area contributed by atoms with Crippen LogP contribution in [0.4, 0.5) is 0 Å². The molecular formula is C24H30N6. The number of aromatic nitrogens is 2. The minimum absolute atomic E-state index is 0.758. The molecule has 4 rings (SSSR count). The Morgan fingerprint density at radius 1 is 0.900 bits per heavy atom. The summed E-state index contributed by atoms with van der Waals surface area (Å²) >= 11 is 0. The van der Waals surface area contributed by atoms with Crippen LogP contribution in [0.25, 0.3) is 0 Å². The van der Waals surface area contributed by atoms with Crippen LogP contribution in [0, 0.1) is 0 Å². The number of hydrogen-bond acceptors (Lipinski definition) is 3. The summed E-state index contributed by atoms with van der Waals surface area (Å²) in [5.74, 6) is 0.975. The molecule has 0 atom stereocenters. The molecule has 1 N–H and O–H groups in total. The molecule has 0 radical (unpaired) electrons. The number of rotatable bonds is 6. The molecule has 6 heteroatoms. The van der Waals surface area contributed by atoms with Crippen LogP contribution in [0.15, 0.2) is 78.0 Å². The van der Waals surface area contributed by atoms with Crippen molar-refractivity contribution >= 4 is 5.96 Å². The SMILES string of the molecule is CN=C(NCc1ccccc1Cn1cccn1)N1CCN(Cc2ccccc2)CC1. The van der Waals surface area contributed by atoms with Gasteiger partial charge in [0.15, 0.2) is 5.96 Å². The van der Waals surface area contributed by atoms with E-state index < -0.39 is 0 Å². The van der Waals surface area contributed by atoms with Gasteiger partial charge in [-0.15, -0.1) is 0 Å². The Morgan fingerprint density at radius 3 is 2.33 bits per heavy atom. The number of nitrogens with zero attached hydrogens (tertiary/aromatic N) is 5. The van der Waals surface area contributed by atoms with Crippen molar-refractivity contribution in [1.29, 1.82) is 0 Å². The Labute approximate surface area is 178 Å². The third kappa shape index (κ3) is 5.27. The van der Waals surface area contributed by atoms with E-state index in [-0.39, 0.29) is 0 Å². The standard InChI is InChI=1S/C24H30N6/c1-25-24(29-16-14-28(15-17-29)19-21-8-3-2-4-9-21)26-18-22-10-5-6-11-23(22)20-30-13-7-12-27-30/h2-13H,14-20H2,1H3,(H,25,26). The second-order valence-electron chi connectivity index (χ2n) is 7.62. The van der Waals surface area contributed by atoms with Gasteiger partial charge in [0.25, 0.3) is 0 Å². The highest BCUT2D eigenvalue weighted by Crippen LogP contribution is 2.12. The molecule has 0 aliphatic carbocycles. The molecule has 1 aliphatic heterocycles. The highest BCUT2D eigenvalue weighted by Gasteiger charge is 2.19. The summed E-state index contributed by atoms with van der Waals surface area (Å²) in [5, 5.41) is 7.90. The summed E-state index contributed by atoms with van der Waals surface area (Å²) in [5.41, 5.74) is 3.93. The molecule has 0 amide bonds. The Kier molecular flexibility index (Phi) is 6.77. The van der Waals surface area contributed by atoms with E-state index in [0.29, 0.717) is 0 Å². The molecule has 1 aliphatic rings. The number of aliphatic imine (C=N–C) groups is 1. The summed E-state index contributed by atoms with van der Waals surface area (Å²) in [6, 6.07) is 21.2. The molecule has 30 heavy (non-hydrogen) atoms. The topological polar surface area (TPSA) is 48.7 Å². The number of guanidine groups is 1. The molecule has 156 valence electrons. The van der Waals surface area contributed by atoms with Gasteiger partial charge in [0.2, 0.25) is 0 Å². The zero-order chi connectivity index (χ0) is 20.6. The Morgan fingerprint density at radius 2 is 1.63 bits per heavy atom. The minimum atomic E-state index is 0.758. The zero-order valence-corrected chi connectivity index (χ0v) is 17.6. The first-order chi connectivity index (χ1) is 14.8. The monoisotopic (exact) mass is 402 g/mol.